The first-order valence-corrected chi connectivity index (χ1v) is 7.83. The second kappa shape index (κ2) is 6.31. The second-order valence-electron chi connectivity index (χ2n) is 5.95. The Morgan fingerprint density at radius 1 is 1.14 bits per heavy atom. The molecule has 1 fully saturated rings. The number of carbonyl (C=O) groups is 1. The van der Waals surface area contributed by atoms with Gasteiger partial charge in [-0.1, -0.05) is 24.3 Å². The lowest BCUT2D eigenvalue weighted by Crippen LogP contribution is -2.31. The summed E-state index contributed by atoms with van der Waals surface area (Å²) in [6, 6.07) is 8.10. The van der Waals surface area contributed by atoms with Crippen molar-refractivity contribution in [1.29, 1.82) is 0 Å². The molecule has 2 unspecified atom stereocenters. The van der Waals surface area contributed by atoms with Gasteiger partial charge in [-0.2, -0.15) is 0 Å². The number of carbonyl (C=O) groups excluding carboxylic acids is 1. The normalized spacial score (nSPS) is 25.1. The van der Waals surface area contributed by atoms with E-state index in [1.165, 1.54) is 19.3 Å². The lowest BCUT2D eigenvalue weighted by molar-refractivity contribution is -0.118. The molecule has 4 nitrogen and oxygen atoms in total. The van der Waals surface area contributed by atoms with Crippen LogP contribution in [0.15, 0.2) is 36.4 Å². The Morgan fingerprint density at radius 2 is 1.90 bits per heavy atom. The van der Waals surface area contributed by atoms with Crippen molar-refractivity contribution in [3.05, 3.63) is 36.4 Å². The number of rotatable bonds is 3. The first-order chi connectivity index (χ1) is 10.2. The number of benzene rings is 1. The highest BCUT2D eigenvalue weighted by molar-refractivity contribution is 5.97. The van der Waals surface area contributed by atoms with E-state index in [4.69, 9.17) is 5.73 Å². The first-order valence-electron chi connectivity index (χ1n) is 7.83. The minimum atomic E-state index is -0.102. The summed E-state index contributed by atoms with van der Waals surface area (Å²) in [5.74, 6) is -0.0573. The largest absolute Gasteiger partial charge is 0.370 e. The van der Waals surface area contributed by atoms with Gasteiger partial charge < -0.3 is 16.0 Å². The molecule has 1 aliphatic heterocycles. The molecule has 0 spiro atoms. The molecule has 1 aliphatic carbocycles. The van der Waals surface area contributed by atoms with E-state index in [-0.39, 0.29) is 17.9 Å². The third-order valence-corrected chi connectivity index (χ3v) is 4.31. The predicted octanol–water partition coefficient (Wildman–Crippen LogP) is 2.52. The fourth-order valence-corrected chi connectivity index (χ4v) is 3.14. The van der Waals surface area contributed by atoms with Gasteiger partial charge >= 0.3 is 0 Å². The van der Waals surface area contributed by atoms with Gasteiger partial charge in [-0.15, -0.1) is 0 Å². The van der Waals surface area contributed by atoms with Gasteiger partial charge in [0, 0.05) is 19.1 Å². The van der Waals surface area contributed by atoms with Crippen LogP contribution in [0.4, 0.5) is 11.4 Å². The number of nitrogens with zero attached hydrogens (tertiary/aromatic N) is 1. The van der Waals surface area contributed by atoms with E-state index < -0.39 is 0 Å². The van der Waals surface area contributed by atoms with E-state index in [9.17, 15) is 4.79 Å². The molecule has 4 heteroatoms. The van der Waals surface area contributed by atoms with Gasteiger partial charge in [0.1, 0.15) is 0 Å². The summed E-state index contributed by atoms with van der Waals surface area (Å²) in [6.45, 7) is 2.14. The first kappa shape index (κ1) is 14.1. The minimum absolute atomic E-state index is 0.0121. The van der Waals surface area contributed by atoms with Crippen molar-refractivity contribution < 1.29 is 4.79 Å². The van der Waals surface area contributed by atoms with Crippen LogP contribution < -0.4 is 16.0 Å². The van der Waals surface area contributed by atoms with E-state index in [0.29, 0.717) is 6.42 Å². The predicted molar refractivity (Wildman–Crippen MR) is 86.4 cm³/mol. The number of piperidine rings is 1. The molecule has 3 rings (SSSR count). The summed E-state index contributed by atoms with van der Waals surface area (Å²) in [7, 11) is 0. The topological polar surface area (TPSA) is 58.4 Å². The Labute approximate surface area is 126 Å². The van der Waals surface area contributed by atoms with Gasteiger partial charge in [-0.3, -0.25) is 4.79 Å². The van der Waals surface area contributed by atoms with E-state index in [0.717, 1.165) is 24.5 Å². The number of nitrogens with two attached hydrogens (primary N) is 1. The molecule has 1 aromatic carbocycles. The van der Waals surface area contributed by atoms with Crippen LogP contribution in [0, 0.1) is 5.92 Å². The molecule has 3 N–H and O–H groups in total. The molecule has 21 heavy (non-hydrogen) atoms. The molecule has 0 radical (unpaired) electrons. The smallest absolute Gasteiger partial charge is 0.231 e. The molecule has 1 amide bonds. The van der Waals surface area contributed by atoms with Crippen molar-refractivity contribution in [2.45, 2.75) is 31.7 Å². The molecule has 2 aliphatic rings. The maximum absolute atomic E-state index is 12.4. The van der Waals surface area contributed by atoms with Crippen LogP contribution in [0.1, 0.15) is 25.7 Å². The van der Waals surface area contributed by atoms with Crippen LogP contribution in [0.25, 0.3) is 0 Å². The van der Waals surface area contributed by atoms with Crippen LogP contribution in [-0.2, 0) is 4.79 Å². The summed E-state index contributed by atoms with van der Waals surface area (Å²) < 4.78 is 0. The zero-order chi connectivity index (χ0) is 14.7. The SMILES string of the molecule is NC1C=CC(C(=O)Nc2ccccc2N2CCCCC2)C1. The number of para-hydroxylation sites is 2. The summed E-state index contributed by atoms with van der Waals surface area (Å²) in [5, 5.41) is 3.08. The van der Waals surface area contributed by atoms with Crippen LogP contribution >= 0.6 is 0 Å². The Morgan fingerprint density at radius 3 is 2.62 bits per heavy atom. The Hall–Kier alpha value is -1.81. The highest BCUT2D eigenvalue weighted by Crippen LogP contribution is 2.29. The zero-order valence-electron chi connectivity index (χ0n) is 12.3. The van der Waals surface area contributed by atoms with Gasteiger partial charge in [0.15, 0.2) is 0 Å². The lowest BCUT2D eigenvalue weighted by atomic mass is 10.1. The molecule has 0 bridgehead atoms. The van der Waals surface area contributed by atoms with E-state index in [1.807, 2.05) is 30.4 Å². The van der Waals surface area contributed by atoms with Gasteiger partial charge in [-0.05, 0) is 37.8 Å². The third-order valence-electron chi connectivity index (χ3n) is 4.31. The molecule has 0 aromatic heterocycles. The van der Waals surface area contributed by atoms with E-state index in [2.05, 4.69) is 16.3 Å². The van der Waals surface area contributed by atoms with Gasteiger partial charge in [-0.25, -0.2) is 0 Å². The molecule has 1 heterocycles. The van der Waals surface area contributed by atoms with Crippen molar-refractivity contribution in [2.24, 2.45) is 11.7 Å². The van der Waals surface area contributed by atoms with Crippen LogP contribution in [0.2, 0.25) is 0 Å². The van der Waals surface area contributed by atoms with Gasteiger partial charge in [0.25, 0.3) is 0 Å². The minimum Gasteiger partial charge on any atom is -0.370 e. The number of amides is 1. The monoisotopic (exact) mass is 285 g/mol. The third kappa shape index (κ3) is 3.27. The van der Waals surface area contributed by atoms with Crippen LogP contribution in [0.3, 0.4) is 0 Å². The molecule has 112 valence electrons. The van der Waals surface area contributed by atoms with Gasteiger partial charge in [0.2, 0.25) is 5.91 Å². The number of hydrogen-bond donors (Lipinski definition) is 2. The average molecular weight is 285 g/mol. The standard InChI is InChI=1S/C17H23N3O/c18-14-9-8-13(12-14)17(21)19-15-6-2-3-7-16(15)20-10-4-1-5-11-20/h2-3,6-9,13-14H,1,4-5,10-12,18H2,(H,19,21). The molecule has 1 aromatic rings. The molecule has 0 saturated carbocycles. The summed E-state index contributed by atoms with van der Waals surface area (Å²) in [6.07, 6.45) is 8.29. The maximum Gasteiger partial charge on any atom is 0.231 e. The fourth-order valence-electron chi connectivity index (χ4n) is 3.14. The summed E-state index contributed by atoms with van der Waals surface area (Å²) in [5.41, 5.74) is 7.88. The lowest BCUT2D eigenvalue weighted by Gasteiger charge is -2.30. The Bertz CT molecular complexity index is 535. The molecular formula is C17H23N3O. The highest BCUT2D eigenvalue weighted by Gasteiger charge is 2.24. The Balaban J connectivity index is 1.73. The van der Waals surface area contributed by atoms with Crippen LogP contribution in [-0.4, -0.2) is 25.0 Å². The molecular weight excluding hydrogens is 262 g/mol. The van der Waals surface area contributed by atoms with Crippen molar-refractivity contribution in [3.63, 3.8) is 0 Å². The number of anilines is 2. The quantitative estimate of drug-likeness (QED) is 0.839. The van der Waals surface area contributed by atoms with Crippen molar-refractivity contribution >= 4 is 17.3 Å². The molecule has 1 saturated heterocycles. The Kier molecular flexibility index (Phi) is 4.25. The van der Waals surface area contributed by atoms with Crippen molar-refractivity contribution in [3.8, 4) is 0 Å². The average Bonchev–Trinajstić information content (AvgIpc) is 2.95. The molecule has 2 atom stereocenters. The zero-order valence-corrected chi connectivity index (χ0v) is 12.3. The van der Waals surface area contributed by atoms with E-state index in [1.54, 1.807) is 0 Å². The van der Waals surface area contributed by atoms with Crippen molar-refractivity contribution in [2.75, 3.05) is 23.3 Å². The highest BCUT2D eigenvalue weighted by atomic mass is 16.1. The number of hydrogen-bond acceptors (Lipinski definition) is 3. The summed E-state index contributed by atoms with van der Waals surface area (Å²) in [4.78, 5) is 14.7. The van der Waals surface area contributed by atoms with Gasteiger partial charge in [0.05, 0.1) is 17.3 Å². The maximum atomic E-state index is 12.4. The van der Waals surface area contributed by atoms with Crippen molar-refractivity contribution in [1.82, 2.24) is 0 Å². The van der Waals surface area contributed by atoms with Crippen LogP contribution in [0.5, 0.6) is 0 Å². The van der Waals surface area contributed by atoms with E-state index >= 15 is 0 Å². The second-order valence-corrected chi connectivity index (χ2v) is 5.95. The fraction of sp³-hybridized carbons (Fsp3) is 0.471. The number of nitrogens with one attached hydrogen (secondary N) is 1. The summed E-state index contributed by atoms with van der Waals surface area (Å²) >= 11 is 0.